The summed E-state index contributed by atoms with van der Waals surface area (Å²) in [6.07, 6.45) is 1.39. The molecule has 1 aromatic carbocycles. The van der Waals surface area contributed by atoms with Crippen molar-refractivity contribution in [3.63, 3.8) is 0 Å². The Morgan fingerprint density at radius 3 is 2.19 bits per heavy atom. The highest BCUT2D eigenvalue weighted by Crippen LogP contribution is 2.48. The molecule has 7 heteroatoms. The van der Waals surface area contributed by atoms with Gasteiger partial charge in [-0.1, -0.05) is 0 Å². The first-order valence-corrected chi connectivity index (χ1v) is 10.9. The fourth-order valence-corrected chi connectivity index (χ4v) is 4.70. The number of carbonyl (C=O) groups is 1. The molecule has 0 heterocycles. The lowest BCUT2D eigenvalue weighted by molar-refractivity contribution is -0.151. The van der Waals surface area contributed by atoms with Crippen molar-refractivity contribution in [1.29, 1.82) is 0 Å². The molecule has 0 aliphatic carbocycles. The highest BCUT2D eigenvalue weighted by Gasteiger charge is 2.30. The quantitative estimate of drug-likeness (QED) is 0.308. The fraction of sp³-hybridized carbons (Fsp3) is 0.650. The van der Waals surface area contributed by atoms with Crippen LogP contribution in [0.15, 0.2) is 12.1 Å². The van der Waals surface area contributed by atoms with Crippen molar-refractivity contribution < 1.29 is 27.9 Å². The smallest absolute Gasteiger partial charge is 0.361 e. The number of ether oxygens (including phenoxy) is 2. The molecule has 0 N–H and O–H groups in total. The van der Waals surface area contributed by atoms with Crippen LogP contribution in [0, 0.1) is 19.3 Å². The summed E-state index contributed by atoms with van der Waals surface area (Å²) >= 11 is 0. The number of rotatable bonds is 11. The van der Waals surface area contributed by atoms with Gasteiger partial charge in [-0.05, 0) is 77.6 Å². The van der Waals surface area contributed by atoms with Gasteiger partial charge in [0.15, 0.2) is 0 Å². The van der Waals surface area contributed by atoms with Gasteiger partial charge in [0.1, 0.15) is 5.75 Å². The van der Waals surface area contributed by atoms with E-state index < -0.39 is 13.0 Å². The van der Waals surface area contributed by atoms with Gasteiger partial charge in [-0.25, -0.2) is 0 Å². The molecule has 6 nitrogen and oxygen atoms in total. The Hall–Kier alpha value is -1.36. The molecule has 0 spiro atoms. The van der Waals surface area contributed by atoms with E-state index in [-0.39, 0.29) is 5.97 Å². The van der Waals surface area contributed by atoms with E-state index in [0.717, 1.165) is 23.3 Å². The van der Waals surface area contributed by atoms with Gasteiger partial charge < -0.3 is 18.5 Å². The van der Waals surface area contributed by atoms with Crippen molar-refractivity contribution in [2.24, 2.45) is 5.41 Å². The van der Waals surface area contributed by atoms with Crippen LogP contribution in [0.5, 0.6) is 5.75 Å². The van der Waals surface area contributed by atoms with Crippen molar-refractivity contribution in [2.45, 2.75) is 54.4 Å². The van der Waals surface area contributed by atoms with Crippen LogP contribution < -0.4 is 10.0 Å². The van der Waals surface area contributed by atoms with Gasteiger partial charge in [0.25, 0.3) is 0 Å². The average Bonchev–Trinajstić information content (AvgIpc) is 2.60. The van der Waals surface area contributed by atoms with Gasteiger partial charge in [-0.2, -0.15) is 0 Å². The predicted molar refractivity (Wildman–Crippen MR) is 107 cm³/mol. The molecule has 0 aliphatic rings. The molecule has 0 bridgehead atoms. The zero-order valence-electron chi connectivity index (χ0n) is 17.6. The molecule has 0 atom stereocenters. The summed E-state index contributed by atoms with van der Waals surface area (Å²) in [6.45, 7) is 12.2. The monoisotopic (exact) mass is 400 g/mol. The first-order chi connectivity index (χ1) is 12.6. The Balaban J connectivity index is 2.84. The first-order valence-electron chi connectivity index (χ1n) is 9.33. The fourth-order valence-electron chi connectivity index (χ4n) is 2.82. The van der Waals surface area contributed by atoms with Crippen molar-refractivity contribution in [3.05, 3.63) is 23.3 Å². The van der Waals surface area contributed by atoms with E-state index in [9.17, 15) is 9.36 Å². The summed E-state index contributed by atoms with van der Waals surface area (Å²) in [4.78, 5) is 11.7. The molecule has 0 unspecified atom stereocenters. The molecular weight excluding hydrogens is 367 g/mol. The van der Waals surface area contributed by atoms with Crippen LogP contribution in [0.4, 0.5) is 0 Å². The maximum Gasteiger partial charge on any atom is 0.361 e. The maximum absolute atomic E-state index is 13.0. The third-order valence-corrected chi connectivity index (χ3v) is 6.60. The summed E-state index contributed by atoms with van der Waals surface area (Å²) < 4.78 is 34.6. The van der Waals surface area contributed by atoms with E-state index in [4.69, 9.17) is 18.5 Å². The van der Waals surface area contributed by atoms with E-state index in [0.29, 0.717) is 31.5 Å². The Labute approximate surface area is 163 Å². The SMILES string of the molecule is CCOP(=O)(OCC)c1cc(C)c(OCCCC(C)(C)C(=O)OC)cc1C. The number of hydrogen-bond donors (Lipinski definition) is 0. The van der Waals surface area contributed by atoms with Crippen LogP contribution in [0.2, 0.25) is 0 Å². The van der Waals surface area contributed by atoms with E-state index in [1.54, 1.807) is 13.8 Å². The van der Waals surface area contributed by atoms with Crippen LogP contribution in [0.3, 0.4) is 0 Å². The van der Waals surface area contributed by atoms with Crippen molar-refractivity contribution in [1.82, 2.24) is 0 Å². The molecule has 0 fully saturated rings. The average molecular weight is 400 g/mol. The molecule has 0 radical (unpaired) electrons. The second-order valence-corrected chi connectivity index (χ2v) is 9.06. The van der Waals surface area contributed by atoms with Gasteiger partial charge in [0.05, 0.1) is 37.6 Å². The summed E-state index contributed by atoms with van der Waals surface area (Å²) in [5, 5.41) is 0.572. The minimum atomic E-state index is -3.33. The van der Waals surface area contributed by atoms with Crippen LogP contribution >= 0.6 is 7.60 Å². The van der Waals surface area contributed by atoms with E-state index in [2.05, 4.69) is 0 Å². The number of esters is 1. The summed E-state index contributed by atoms with van der Waals surface area (Å²) in [5.74, 6) is 0.508. The molecule has 27 heavy (non-hydrogen) atoms. The number of carbonyl (C=O) groups excluding carboxylic acids is 1. The van der Waals surface area contributed by atoms with Crippen molar-refractivity contribution >= 4 is 18.9 Å². The second kappa shape index (κ2) is 10.3. The highest BCUT2D eigenvalue weighted by atomic mass is 31.2. The third-order valence-electron chi connectivity index (χ3n) is 4.33. The minimum Gasteiger partial charge on any atom is -0.493 e. The van der Waals surface area contributed by atoms with Crippen molar-refractivity contribution in [2.75, 3.05) is 26.9 Å². The number of aryl methyl sites for hydroxylation is 2. The summed E-state index contributed by atoms with van der Waals surface area (Å²) in [6, 6.07) is 3.68. The van der Waals surface area contributed by atoms with Crippen LogP contribution in [0.1, 0.15) is 51.7 Å². The van der Waals surface area contributed by atoms with E-state index in [1.807, 2.05) is 39.8 Å². The van der Waals surface area contributed by atoms with Gasteiger partial charge in [-0.15, -0.1) is 0 Å². The zero-order valence-corrected chi connectivity index (χ0v) is 18.5. The second-order valence-electron chi connectivity index (χ2n) is 7.06. The molecule has 0 aliphatic heterocycles. The number of methoxy groups -OCH3 is 1. The number of benzene rings is 1. The molecule has 0 saturated carbocycles. The predicted octanol–water partition coefficient (Wildman–Crippen LogP) is 4.55. The topological polar surface area (TPSA) is 71.1 Å². The Kier molecular flexibility index (Phi) is 9.00. The molecule has 0 amide bonds. The van der Waals surface area contributed by atoms with Crippen molar-refractivity contribution in [3.8, 4) is 5.75 Å². The highest BCUT2D eigenvalue weighted by molar-refractivity contribution is 7.62. The summed E-state index contributed by atoms with van der Waals surface area (Å²) in [7, 11) is -1.93. The molecule has 0 aromatic heterocycles. The van der Waals surface area contributed by atoms with Crippen LogP contribution in [-0.4, -0.2) is 32.9 Å². The third kappa shape index (κ3) is 6.34. The van der Waals surface area contributed by atoms with Crippen LogP contribution in [-0.2, 0) is 23.1 Å². The van der Waals surface area contributed by atoms with Gasteiger partial charge in [-0.3, -0.25) is 9.36 Å². The lowest BCUT2D eigenvalue weighted by Gasteiger charge is -2.22. The number of hydrogen-bond acceptors (Lipinski definition) is 6. The largest absolute Gasteiger partial charge is 0.493 e. The van der Waals surface area contributed by atoms with Crippen LogP contribution in [0.25, 0.3) is 0 Å². The minimum absolute atomic E-state index is 0.221. The van der Waals surface area contributed by atoms with Gasteiger partial charge in [0, 0.05) is 0 Å². The molecule has 0 saturated heterocycles. The lowest BCUT2D eigenvalue weighted by Crippen LogP contribution is -2.26. The lowest BCUT2D eigenvalue weighted by atomic mass is 9.88. The molecule has 1 rings (SSSR count). The molecule has 1 aromatic rings. The zero-order chi connectivity index (χ0) is 20.7. The maximum atomic E-state index is 13.0. The van der Waals surface area contributed by atoms with E-state index >= 15 is 0 Å². The Bertz CT molecular complexity index is 673. The molecular formula is C20H33O6P. The normalized spacial score (nSPS) is 12.1. The van der Waals surface area contributed by atoms with Gasteiger partial charge >= 0.3 is 13.6 Å². The Morgan fingerprint density at radius 2 is 1.67 bits per heavy atom. The standard InChI is InChI=1S/C20H33O6P/c1-8-25-27(22,26-9-2)18-14-15(3)17(13-16(18)4)24-12-10-11-20(5,6)19(21)23-7/h13-14H,8-12H2,1-7H3. The Morgan fingerprint density at radius 1 is 1.07 bits per heavy atom. The van der Waals surface area contributed by atoms with Gasteiger partial charge in [0.2, 0.25) is 0 Å². The first kappa shape index (κ1) is 23.7. The summed E-state index contributed by atoms with van der Waals surface area (Å²) in [5.41, 5.74) is 1.13. The molecule has 154 valence electrons. The van der Waals surface area contributed by atoms with E-state index in [1.165, 1.54) is 7.11 Å².